The zero-order valence-electron chi connectivity index (χ0n) is 15.0. The van der Waals surface area contributed by atoms with Gasteiger partial charge in [0.05, 0.1) is 12.0 Å². The zero-order valence-corrected chi connectivity index (χ0v) is 15.8. The quantitative estimate of drug-likeness (QED) is 0.803. The van der Waals surface area contributed by atoms with Crippen LogP contribution >= 0.6 is 0 Å². The lowest BCUT2D eigenvalue weighted by molar-refractivity contribution is 0.180. The fourth-order valence-electron chi connectivity index (χ4n) is 3.10. The standard InChI is InChI=1S/C19H23FN2O3S/c1-15-3-6-18(7-4-15)26(23,24)22-11-9-21(10-12-22)14-16-13-17(20)5-8-19(16)25-2/h3-8,13H,9-12,14H2,1-2H3. The first-order valence-electron chi connectivity index (χ1n) is 8.52. The molecule has 0 unspecified atom stereocenters. The Morgan fingerprint density at radius 3 is 2.31 bits per heavy atom. The Kier molecular flexibility index (Phi) is 5.60. The van der Waals surface area contributed by atoms with E-state index in [1.165, 1.54) is 16.4 Å². The first-order valence-corrected chi connectivity index (χ1v) is 9.96. The van der Waals surface area contributed by atoms with E-state index in [4.69, 9.17) is 4.74 Å². The number of benzene rings is 2. The second kappa shape index (κ2) is 7.73. The second-order valence-electron chi connectivity index (χ2n) is 6.45. The highest BCUT2D eigenvalue weighted by atomic mass is 32.2. The summed E-state index contributed by atoms with van der Waals surface area (Å²) in [5.74, 6) is 0.336. The molecule has 3 rings (SSSR count). The van der Waals surface area contributed by atoms with Gasteiger partial charge in [0, 0.05) is 38.3 Å². The van der Waals surface area contributed by atoms with Crippen LogP contribution in [0.2, 0.25) is 0 Å². The molecule has 7 heteroatoms. The summed E-state index contributed by atoms with van der Waals surface area (Å²) in [6.45, 7) is 4.45. The first kappa shape index (κ1) is 18.8. The Morgan fingerprint density at radius 2 is 1.69 bits per heavy atom. The number of sulfonamides is 1. The average molecular weight is 378 g/mol. The number of piperazine rings is 1. The van der Waals surface area contributed by atoms with Crippen LogP contribution in [-0.4, -0.2) is 50.9 Å². The molecule has 0 bridgehead atoms. The highest BCUT2D eigenvalue weighted by Crippen LogP contribution is 2.23. The van der Waals surface area contributed by atoms with Gasteiger partial charge in [-0.3, -0.25) is 4.90 Å². The molecule has 1 fully saturated rings. The maximum Gasteiger partial charge on any atom is 0.243 e. The normalized spacial score (nSPS) is 16.6. The van der Waals surface area contributed by atoms with Gasteiger partial charge >= 0.3 is 0 Å². The molecule has 0 atom stereocenters. The van der Waals surface area contributed by atoms with Gasteiger partial charge in [-0.2, -0.15) is 4.31 Å². The lowest BCUT2D eigenvalue weighted by atomic mass is 10.1. The summed E-state index contributed by atoms with van der Waals surface area (Å²) < 4.78 is 45.8. The fraction of sp³-hybridized carbons (Fsp3) is 0.368. The third-order valence-electron chi connectivity index (χ3n) is 4.63. The Balaban J connectivity index is 1.66. The van der Waals surface area contributed by atoms with E-state index >= 15 is 0 Å². The van der Waals surface area contributed by atoms with Crippen LogP contribution in [0.1, 0.15) is 11.1 Å². The van der Waals surface area contributed by atoms with Crippen LogP contribution in [0, 0.1) is 12.7 Å². The summed E-state index contributed by atoms with van der Waals surface area (Å²) in [7, 11) is -1.91. The molecule has 5 nitrogen and oxygen atoms in total. The number of methoxy groups -OCH3 is 1. The topological polar surface area (TPSA) is 49.9 Å². The van der Waals surface area contributed by atoms with Crippen LogP contribution < -0.4 is 4.74 Å². The van der Waals surface area contributed by atoms with Crippen LogP contribution in [0.15, 0.2) is 47.4 Å². The Bertz CT molecular complexity index is 861. The summed E-state index contributed by atoms with van der Waals surface area (Å²) in [4.78, 5) is 2.43. The molecule has 0 amide bonds. The number of hydrogen-bond donors (Lipinski definition) is 0. The zero-order chi connectivity index (χ0) is 18.7. The molecule has 0 radical (unpaired) electrons. The van der Waals surface area contributed by atoms with Gasteiger partial charge in [0.25, 0.3) is 0 Å². The second-order valence-corrected chi connectivity index (χ2v) is 8.39. The molecule has 0 aromatic heterocycles. The summed E-state index contributed by atoms with van der Waals surface area (Å²) in [5.41, 5.74) is 1.79. The molecule has 1 saturated heterocycles. The third kappa shape index (κ3) is 4.06. The lowest BCUT2D eigenvalue weighted by Crippen LogP contribution is -2.48. The van der Waals surface area contributed by atoms with Crippen molar-refractivity contribution < 1.29 is 17.5 Å². The molecular formula is C19H23FN2O3S. The smallest absolute Gasteiger partial charge is 0.243 e. The van der Waals surface area contributed by atoms with Crippen molar-refractivity contribution in [2.75, 3.05) is 33.3 Å². The van der Waals surface area contributed by atoms with Crippen LogP contribution in [0.4, 0.5) is 4.39 Å². The summed E-state index contributed by atoms with van der Waals surface area (Å²) in [5, 5.41) is 0. The van der Waals surface area contributed by atoms with Crippen molar-refractivity contribution in [1.82, 2.24) is 9.21 Å². The van der Waals surface area contributed by atoms with E-state index in [-0.39, 0.29) is 5.82 Å². The summed E-state index contributed by atoms with van der Waals surface area (Å²) >= 11 is 0. The summed E-state index contributed by atoms with van der Waals surface area (Å²) in [6.07, 6.45) is 0. The monoisotopic (exact) mass is 378 g/mol. The van der Waals surface area contributed by atoms with Gasteiger partial charge in [-0.15, -0.1) is 0 Å². The van der Waals surface area contributed by atoms with Crippen molar-refractivity contribution in [3.63, 3.8) is 0 Å². The summed E-state index contributed by atoms with van der Waals surface area (Å²) in [6, 6.07) is 11.4. The van der Waals surface area contributed by atoms with Gasteiger partial charge in [-0.25, -0.2) is 12.8 Å². The number of nitrogens with zero attached hydrogens (tertiary/aromatic N) is 2. The van der Waals surface area contributed by atoms with Crippen molar-refractivity contribution in [2.45, 2.75) is 18.4 Å². The Morgan fingerprint density at radius 1 is 1.04 bits per heavy atom. The maximum atomic E-state index is 13.5. The molecule has 2 aromatic carbocycles. The SMILES string of the molecule is COc1ccc(F)cc1CN1CCN(S(=O)(=O)c2ccc(C)cc2)CC1. The molecule has 0 N–H and O–H groups in total. The van der Waals surface area contributed by atoms with Crippen molar-refractivity contribution in [3.05, 3.63) is 59.4 Å². The minimum atomic E-state index is -3.47. The highest BCUT2D eigenvalue weighted by Gasteiger charge is 2.28. The molecule has 2 aromatic rings. The van der Waals surface area contributed by atoms with Gasteiger partial charge in [-0.1, -0.05) is 17.7 Å². The van der Waals surface area contributed by atoms with Crippen LogP contribution in [0.25, 0.3) is 0 Å². The Labute approximate surface area is 154 Å². The van der Waals surface area contributed by atoms with E-state index in [0.717, 1.165) is 11.1 Å². The number of aryl methyl sites for hydroxylation is 1. The number of hydrogen-bond acceptors (Lipinski definition) is 4. The van der Waals surface area contributed by atoms with E-state index in [1.54, 1.807) is 37.4 Å². The molecule has 1 aliphatic rings. The first-order chi connectivity index (χ1) is 12.4. The Hall–Kier alpha value is -1.96. The third-order valence-corrected chi connectivity index (χ3v) is 6.54. The van der Waals surface area contributed by atoms with Crippen LogP contribution in [0.3, 0.4) is 0 Å². The predicted octanol–water partition coefficient (Wildman–Crippen LogP) is 2.65. The largest absolute Gasteiger partial charge is 0.496 e. The van der Waals surface area contributed by atoms with Gasteiger partial charge < -0.3 is 4.74 Å². The van der Waals surface area contributed by atoms with Crippen molar-refractivity contribution in [1.29, 1.82) is 0 Å². The average Bonchev–Trinajstić information content (AvgIpc) is 2.63. The van der Waals surface area contributed by atoms with E-state index in [1.807, 2.05) is 6.92 Å². The van der Waals surface area contributed by atoms with Crippen molar-refractivity contribution >= 4 is 10.0 Å². The molecule has 140 valence electrons. The van der Waals surface area contributed by atoms with Crippen molar-refractivity contribution in [2.24, 2.45) is 0 Å². The van der Waals surface area contributed by atoms with Gasteiger partial charge in [0.1, 0.15) is 11.6 Å². The molecule has 0 aliphatic carbocycles. The minimum absolute atomic E-state index is 0.304. The molecule has 26 heavy (non-hydrogen) atoms. The number of rotatable bonds is 5. The van der Waals surface area contributed by atoms with E-state index < -0.39 is 10.0 Å². The molecular weight excluding hydrogens is 355 g/mol. The van der Waals surface area contributed by atoms with E-state index in [0.29, 0.717) is 43.4 Å². The van der Waals surface area contributed by atoms with Gasteiger partial charge in [0.2, 0.25) is 10.0 Å². The molecule has 0 spiro atoms. The molecule has 1 heterocycles. The maximum absolute atomic E-state index is 13.5. The minimum Gasteiger partial charge on any atom is -0.496 e. The van der Waals surface area contributed by atoms with Gasteiger partial charge in [-0.05, 0) is 37.3 Å². The predicted molar refractivity (Wildman–Crippen MR) is 98.2 cm³/mol. The highest BCUT2D eigenvalue weighted by molar-refractivity contribution is 7.89. The molecule has 0 saturated carbocycles. The van der Waals surface area contributed by atoms with E-state index in [2.05, 4.69) is 4.90 Å². The van der Waals surface area contributed by atoms with Gasteiger partial charge in [0.15, 0.2) is 0 Å². The van der Waals surface area contributed by atoms with Crippen molar-refractivity contribution in [3.8, 4) is 5.75 Å². The number of halogens is 1. The number of ether oxygens (including phenoxy) is 1. The van der Waals surface area contributed by atoms with Crippen LogP contribution in [0.5, 0.6) is 5.75 Å². The van der Waals surface area contributed by atoms with Crippen LogP contribution in [-0.2, 0) is 16.6 Å². The molecule has 1 aliphatic heterocycles. The lowest BCUT2D eigenvalue weighted by Gasteiger charge is -2.34. The fourth-order valence-corrected chi connectivity index (χ4v) is 4.52. The van der Waals surface area contributed by atoms with E-state index in [9.17, 15) is 12.8 Å².